The van der Waals surface area contributed by atoms with Gasteiger partial charge in [0.2, 0.25) is 0 Å². The molecule has 0 rings (SSSR count). The first-order valence-electron chi connectivity index (χ1n) is 9.65. The molecule has 0 atom stereocenters. The number of rotatable bonds is 19. The Morgan fingerprint density at radius 1 is 0.364 bits per heavy atom. The predicted octanol–water partition coefficient (Wildman–Crippen LogP) is 5.37. The molecule has 0 amide bonds. The van der Waals surface area contributed by atoms with E-state index in [1.165, 1.54) is 64.2 Å². The van der Waals surface area contributed by atoms with E-state index in [0.29, 0.717) is 26.4 Å². The second-order valence-electron chi connectivity index (χ2n) is 6.02. The van der Waals surface area contributed by atoms with Crippen molar-refractivity contribution in [1.82, 2.24) is 0 Å². The minimum absolute atomic E-state index is 0.682. The van der Waals surface area contributed by atoms with Crippen molar-refractivity contribution in [2.45, 2.75) is 84.5 Å². The van der Waals surface area contributed by atoms with Gasteiger partial charge in [0, 0.05) is 13.2 Å². The lowest BCUT2D eigenvalue weighted by Crippen LogP contribution is -2.10. The number of unbranched alkanes of at least 4 members (excludes halogenated alkanes) is 9. The Morgan fingerprint density at radius 2 is 0.773 bits per heavy atom. The van der Waals surface area contributed by atoms with E-state index in [-0.39, 0.29) is 0 Å². The van der Waals surface area contributed by atoms with Gasteiger partial charge in [-0.25, -0.2) is 0 Å². The molecule has 0 radical (unpaired) electrons. The van der Waals surface area contributed by atoms with Crippen LogP contribution >= 0.6 is 0 Å². The van der Waals surface area contributed by atoms with E-state index in [9.17, 15) is 0 Å². The Hall–Kier alpha value is -0.120. The van der Waals surface area contributed by atoms with Crippen molar-refractivity contribution in [2.75, 3.05) is 39.6 Å². The minimum Gasteiger partial charge on any atom is -0.379 e. The maximum absolute atomic E-state index is 5.57. The summed E-state index contributed by atoms with van der Waals surface area (Å²) in [5, 5.41) is 0. The van der Waals surface area contributed by atoms with E-state index in [1.54, 1.807) is 0 Å². The van der Waals surface area contributed by atoms with E-state index in [1.807, 2.05) is 0 Å². The van der Waals surface area contributed by atoms with Crippen LogP contribution in [0.15, 0.2) is 0 Å². The van der Waals surface area contributed by atoms with E-state index >= 15 is 0 Å². The smallest absolute Gasteiger partial charge is 0.0701 e. The molecule has 0 saturated heterocycles. The highest BCUT2D eigenvalue weighted by Crippen LogP contribution is 2.10. The third-order valence-electron chi connectivity index (χ3n) is 3.73. The zero-order valence-corrected chi connectivity index (χ0v) is 15.2. The average Bonchev–Trinajstić information content (AvgIpc) is 2.54. The Bertz CT molecular complexity index is 166. The van der Waals surface area contributed by atoms with Gasteiger partial charge in [0.25, 0.3) is 0 Å². The Balaban J connectivity index is 2.91. The molecule has 0 fully saturated rings. The van der Waals surface area contributed by atoms with Crippen LogP contribution in [-0.2, 0) is 14.2 Å². The van der Waals surface area contributed by atoms with E-state index in [0.717, 1.165) is 19.6 Å². The molecule has 0 aliphatic carbocycles. The molecule has 0 aliphatic rings. The molecule has 0 saturated carbocycles. The first kappa shape index (κ1) is 21.9. The molecule has 0 aromatic heterocycles. The fourth-order valence-corrected chi connectivity index (χ4v) is 2.38. The van der Waals surface area contributed by atoms with E-state index < -0.39 is 0 Å². The molecular formula is C19H40O3. The normalized spacial score (nSPS) is 11.2. The van der Waals surface area contributed by atoms with E-state index in [2.05, 4.69) is 13.8 Å². The first-order valence-corrected chi connectivity index (χ1v) is 9.65. The quantitative estimate of drug-likeness (QED) is 0.300. The molecule has 134 valence electrons. The SMILES string of the molecule is CCCCCCCCCCCCOCCOCCOCCC. The summed E-state index contributed by atoms with van der Waals surface area (Å²) in [6.07, 6.45) is 14.8. The van der Waals surface area contributed by atoms with Gasteiger partial charge in [0.05, 0.1) is 26.4 Å². The molecule has 0 heterocycles. The fraction of sp³-hybridized carbons (Fsp3) is 1.00. The molecule has 0 N–H and O–H groups in total. The highest BCUT2D eigenvalue weighted by atomic mass is 16.5. The fourth-order valence-electron chi connectivity index (χ4n) is 2.38. The van der Waals surface area contributed by atoms with Gasteiger partial charge in [-0.05, 0) is 12.8 Å². The average molecular weight is 317 g/mol. The summed E-state index contributed by atoms with van der Waals surface area (Å²) < 4.78 is 16.3. The molecular weight excluding hydrogens is 276 g/mol. The lowest BCUT2D eigenvalue weighted by atomic mass is 10.1. The molecule has 0 aromatic rings. The maximum atomic E-state index is 5.57. The number of hydrogen-bond donors (Lipinski definition) is 0. The van der Waals surface area contributed by atoms with Gasteiger partial charge >= 0.3 is 0 Å². The Kier molecular flexibility index (Phi) is 20.8. The van der Waals surface area contributed by atoms with Crippen LogP contribution in [-0.4, -0.2) is 39.6 Å². The number of hydrogen-bond acceptors (Lipinski definition) is 3. The molecule has 22 heavy (non-hydrogen) atoms. The molecule has 0 aliphatic heterocycles. The van der Waals surface area contributed by atoms with Crippen LogP contribution in [0.1, 0.15) is 84.5 Å². The minimum atomic E-state index is 0.682. The van der Waals surface area contributed by atoms with Crippen molar-refractivity contribution in [3.63, 3.8) is 0 Å². The summed E-state index contributed by atoms with van der Waals surface area (Å²) in [6, 6.07) is 0. The Labute approximate surface area is 139 Å². The molecule has 0 bridgehead atoms. The molecule has 0 spiro atoms. The van der Waals surface area contributed by atoms with Crippen molar-refractivity contribution in [2.24, 2.45) is 0 Å². The standard InChI is InChI=1S/C19H40O3/c1-3-5-6-7-8-9-10-11-12-13-15-21-17-19-22-18-16-20-14-4-2/h3-19H2,1-2H3. The maximum Gasteiger partial charge on any atom is 0.0701 e. The van der Waals surface area contributed by atoms with Crippen LogP contribution < -0.4 is 0 Å². The summed E-state index contributed by atoms with van der Waals surface area (Å²) >= 11 is 0. The number of ether oxygens (including phenoxy) is 3. The highest BCUT2D eigenvalue weighted by Gasteiger charge is 1.94. The van der Waals surface area contributed by atoms with Crippen LogP contribution in [0.4, 0.5) is 0 Å². The van der Waals surface area contributed by atoms with Gasteiger partial charge in [-0.15, -0.1) is 0 Å². The van der Waals surface area contributed by atoms with Gasteiger partial charge in [0.1, 0.15) is 0 Å². The van der Waals surface area contributed by atoms with Crippen LogP contribution in [0.25, 0.3) is 0 Å². The zero-order valence-electron chi connectivity index (χ0n) is 15.2. The predicted molar refractivity (Wildman–Crippen MR) is 94.6 cm³/mol. The van der Waals surface area contributed by atoms with E-state index in [4.69, 9.17) is 14.2 Å². The van der Waals surface area contributed by atoms with Crippen molar-refractivity contribution in [3.05, 3.63) is 0 Å². The summed E-state index contributed by atoms with van der Waals surface area (Å²) in [5.41, 5.74) is 0. The van der Waals surface area contributed by atoms with Crippen LogP contribution in [0.2, 0.25) is 0 Å². The Morgan fingerprint density at radius 3 is 1.27 bits per heavy atom. The summed E-state index contributed by atoms with van der Waals surface area (Å²) in [6.45, 7) is 8.88. The second kappa shape index (κ2) is 20.9. The first-order chi connectivity index (χ1) is 10.9. The largest absolute Gasteiger partial charge is 0.379 e. The summed E-state index contributed by atoms with van der Waals surface area (Å²) in [5.74, 6) is 0. The highest BCUT2D eigenvalue weighted by molar-refractivity contribution is 4.47. The van der Waals surface area contributed by atoms with Crippen LogP contribution in [0.5, 0.6) is 0 Å². The van der Waals surface area contributed by atoms with Crippen molar-refractivity contribution in [1.29, 1.82) is 0 Å². The van der Waals surface area contributed by atoms with Gasteiger partial charge in [0.15, 0.2) is 0 Å². The second-order valence-corrected chi connectivity index (χ2v) is 6.02. The molecule has 0 aromatic carbocycles. The lowest BCUT2D eigenvalue weighted by molar-refractivity contribution is 0.0140. The lowest BCUT2D eigenvalue weighted by Gasteiger charge is -2.06. The van der Waals surface area contributed by atoms with Gasteiger partial charge in [-0.2, -0.15) is 0 Å². The molecule has 3 heteroatoms. The zero-order chi connectivity index (χ0) is 16.1. The van der Waals surface area contributed by atoms with Crippen molar-refractivity contribution < 1.29 is 14.2 Å². The monoisotopic (exact) mass is 316 g/mol. The topological polar surface area (TPSA) is 27.7 Å². The van der Waals surface area contributed by atoms with Crippen molar-refractivity contribution >= 4 is 0 Å². The molecule has 0 unspecified atom stereocenters. The van der Waals surface area contributed by atoms with Crippen LogP contribution in [0, 0.1) is 0 Å². The third-order valence-corrected chi connectivity index (χ3v) is 3.73. The summed E-state index contributed by atoms with van der Waals surface area (Å²) in [4.78, 5) is 0. The van der Waals surface area contributed by atoms with Gasteiger partial charge in [-0.3, -0.25) is 0 Å². The van der Waals surface area contributed by atoms with Gasteiger partial charge in [-0.1, -0.05) is 71.6 Å². The molecule has 3 nitrogen and oxygen atoms in total. The van der Waals surface area contributed by atoms with Crippen molar-refractivity contribution in [3.8, 4) is 0 Å². The van der Waals surface area contributed by atoms with Gasteiger partial charge < -0.3 is 14.2 Å². The third kappa shape index (κ3) is 19.9. The summed E-state index contributed by atoms with van der Waals surface area (Å²) in [7, 11) is 0. The van der Waals surface area contributed by atoms with Crippen LogP contribution in [0.3, 0.4) is 0 Å².